The van der Waals surface area contributed by atoms with Crippen LogP contribution < -0.4 is 19.5 Å². The first-order valence-electron chi connectivity index (χ1n) is 9.14. The minimum Gasteiger partial charge on any atom is -0.487 e. The average molecular weight is 408 g/mol. The van der Waals surface area contributed by atoms with Gasteiger partial charge in [0, 0.05) is 23.6 Å². The fraction of sp³-hybridized carbons (Fsp3) is 0.182. The second kappa shape index (κ2) is 8.79. The van der Waals surface area contributed by atoms with Crippen molar-refractivity contribution in [3.8, 4) is 17.2 Å². The maximum absolute atomic E-state index is 12.2. The van der Waals surface area contributed by atoms with Crippen LogP contribution in [-0.4, -0.2) is 17.7 Å². The van der Waals surface area contributed by atoms with Gasteiger partial charge in [0.15, 0.2) is 11.5 Å². The highest BCUT2D eigenvalue weighted by molar-refractivity contribution is 7.09. The summed E-state index contributed by atoms with van der Waals surface area (Å²) in [6.07, 6.45) is 3.25. The number of ether oxygens (including phenoxy) is 3. The van der Waals surface area contributed by atoms with E-state index in [1.165, 1.54) is 6.08 Å². The molecule has 4 rings (SSSR count). The topological polar surface area (TPSA) is 69.7 Å². The molecule has 7 heteroatoms. The number of fused-ring (bicyclic) bond motifs is 1. The highest BCUT2D eigenvalue weighted by Crippen LogP contribution is 2.32. The Morgan fingerprint density at radius 2 is 2.10 bits per heavy atom. The molecule has 0 bridgehead atoms. The van der Waals surface area contributed by atoms with Crippen LogP contribution in [0.1, 0.15) is 21.8 Å². The van der Waals surface area contributed by atoms with Gasteiger partial charge in [-0.2, -0.15) is 0 Å². The maximum atomic E-state index is 12.2. The third-order valence-corrected chi connectivity index (χ3v) is 5.10. The molecular formula is C22H20N2O4S. The molecule has 0 saturated carbocycles. The van der Waals surface area contributed by atoms with E-state index in [-0.39, 0.29) is 12.7 Å². The number of hydrogen-bond donors (Lipinski definition) is 1. The molecule has 1 N–H and O–H groups in total. The largest absolute Gasteiger partial charge is 0.487 e. The van der Waals surface area contributed by atoms with Crippen LogP contribution in [0, 0.1) is 6.92 Å². The molecule has 0 atom stereocenters. The van der Waals surface area contributed by atoms with Crippen LogP contribution in [-0.2, 0) is 17.9 Å². The molecule has 1 aliphatic heterocycles. The number of nitrogens with one attached hydrogen (secondary N) is 1. The number of nitrogens with zero attached hydrogens (tertiary/aromatic N) is 1. The molecule has 3 aromatic rings. The standard InChI is InChI=1S/C22H20N2O4S/c1-15-24-18(13-29-15)12-26-19-5-3-2-4-17(19)7-9-22(25)23-11-16-6-8-20-21(10-16)28-14-27-20/h2-10,13H,11-12,14H2,1H3,(H,23,25)/b9-7+. The van der Waals surface area contributed by atoms with Gasteiger partial charge in [0.25, 0.3) is 0 Å². The van der Waals surface area contributed by atoms with E-state index in [4.69, 9.17) is 14.2 Å². The first-order valence-corrected chi connectivity index (χ1v) is 10.0. The molecule has 0 spiro atoms. The van der Waals surface area contributed by atoms with E-state index in [0.717, 1.165) is 27.6 Å². The molecule has 1 aromatic heterocycles. The highest BCUT2D eigenvalue weighted by atomic mass is 32.1. The van der Waals surface area contributed by atoms with Crippen LogP contribution in [0.25, 0.3) is 6.08 Å². The van der Waals surface area contributed by atoms with Gasteiger partial charge < -0.3 is 19.5 Å². The Labute approximate surface area is 172 Å². The third kappa shape index (κ3) is 4.94. The smallest absolute Gasteiger partial charge is 0.244 e. The lowest BCUT2D eigenvalue weighted by Crippen LogP contribution is -2.20. The van der Waals surface area contributed by atoms with Crippen molar-refractivity contribution in [2.24, 2.45) is 0 Å². The summed E-state index contributed by atoms with van der Waals surface area (Å²) in [6.45, 7) is 3.00. The van der Waals surface area contributed by atoms with Gasteiger partial charge in [-0.05, 0) is 36.8 Å². The number of aromatic nitrogens is 1. The van der Waals surface area contributed by atoms with E-state index in [1.807, 2.05) is 54.8 Å². The minimum atomic E-state index is -0.187. The van der Waals surface area contributed by atoms with Crippen molar-refractivity contribution in [2.75, 3.05) is 6.79 Å². The molecule has 2 aromatic carbocycles. The lowest BCUT2D eigenvalue weighted by atomic mass is 10.2. The van der Waals surface area contributed by atoms with Crippen molar-refractivity contribution in [2.45, 2.75) is 20.1 Å². The van der Waals surface area contributed by atoms with Gasteiger partial charge in [-0.3, -0.25) is 4.79 Å². The maximum Gasteiger partial charge on any atom is 0.244 e. The summed E-state index contributed by atoms with van der Waals surface area (Å²) in [5.41, 5.74) is 2.67. The minimum absolute atomic E-state index is 0.187. The fourth-order valence-corrected chi connectivity index (χ4v) is 3.44. The van der Waals surface area contributed by atoms with Gasteiger partial charge >= 0.3 is 0 Å². The summed E-state index contributed by atoms with van der Waals surface area (Å²) in [4.78, 5) is 16.6. The second-order valence-corrected chi connectivity index (χ2v) is 7.49. The van der Waals surface area contributed by atoms with E-state index in [9.17, 15) is 4.79 Å². The van der Waals surface area contributed by atoms with Crippen molar-refractivity contribution in [1.29, 1.82) is 0 Å². The van der Waals surface area contributed by atoms with Gasteiger partial charge in [0.1, 0.15) is 12.4 Å². The predicted molar refractivity (Wildman–Crippen MR) is 111 cm³/mol. The number of carbonyl (C=O) groups is 1. The van der Waals surface area contributed by atoms with Gasteiger partial charge in [-0.1, -0.05) is 24.3 Å². The molecule has 1 aliphatic rings. The highest BCUT2D eigenvalue weighted by Gasteiger charge is 2.13. The first kappa shape index (κ1) is 19.0. The molecule has 0 radical (unpaired) electrons. The van der Waals surface area contributed by atoms with Crippen molar-refractivity contribution in [3.63, 3.8) is 0 Å². The summed E-state index contributed by atoms with van der Waals surface area (Å²) in [5.74, 6) is 1.95. The van der Waals surface area contributed by atoms with Crippen LogP contribution in [0.3, 0.4) is 0 Å². The molecule has 0 aliphatic carbocycles. The number of hydrogen-bond acceptors (Lipinski definition) is 6. The molecule has 148 valence electrons. The van der Waals surface area contributed by atoms with Gasteiger partial charge in [-0.15, -0.1) is 11.3 Å². The second-order valence-electron chi connectivity index (χ2n) is 6.42. The Balaban J connectivity index is 1.34. The van der Waals surface area contributed by atoms with E-state index in [0.29, 0.717) is 24.7 Å². The third-order valence-electron chi connectivity index (χ3n) is 4.28. The molecule has 0 fully saturated rings. The summed E-state index contributed by atoms with van der Waals surface area (Å²) in [5, 5.41) is 5.86. The van der Waals surface area contributed by atoms with E-state index < -0.39 is 0 Å². The van der Waals surface area contributed by atoms with Gasteiger partial charge in [0.2, 0.25) is 12.7 Å². The Bertz CT molecular complexity index is 1040. The van der Waals surface area contributed by atoms with Crippen LogP contribution in [0.4, 0.5) is 0 Å². The number of amides is 1. The predicted octanol–water partition coefficient (Wildman–Crippen LogP) is 4.09. The molecular weight excluding hydrogens is 388 g/mol. The Hall–Kier alpha value is -3.32. The molecule has 29 heavy (non-hydrogen) atoms. The number of aryl methyl sites for hydroxylation is 1. The Morgan fingerprint density at radius 3 is 2.97 bits per heavy atom. The van der Waals surface area contributed by atoms with Crippen molar-refractivity contribution < 1.29 is 19.0 Å². The first-order chi connectivity index (χ1) is 14.2. The number of carbonyl (C=O) groups excluding carboxylic acids is 1. The quantitative estimate of drug-likeness (QED) is 0.597. The molecule has 1 amide bonds. The number of para-hydroxylation sites is 1. The van der Waals surface area contributed by atoms with E-state index in [2.05, 4.69) is 10.3 Å². The van der Waals surface area contributed by atoms with Crippen molar-refractivity contribution in [1.82, 2.24) is 10.3 Å². The zero-order chi connectivity index (χ0) is 20.1. The molecule has 6 nitrogen and oxygen atoms in total. The van der Waals surface area contributed by atoms with Crippen LogP contribution in [0.2, 0.25) is 0 Å². The van der Waals surface area contributed by atoms with E-state index in [1.54, 1.807) is 17.4 Å². The number of rotatable bonds is 7. The fourth-order valence-electron chi connectivity index (χ4n) is 2.84. The van der Waals surface area contributed by atoms with Crippen molar-refractivity contribution in [3.05, 3.63) is 75.7 Å². The monoisotopic (exact) mass is 408 g/mol. The molecule has 0 unspecified atom stereocenters. The van der Waals surface area contributed by atoms with Crippen LogP contribution in [0.5, 0.6) is 17.2 Å². The number of benzene rings is 2. The Morgan fingerprint density at radius 1 is 1.24 bits per heavy atom. The molecule has 0 saturated heterocycles. The normalized spacial score (nSPS) is 12.3. The van der Waals surface area contributed by atoms with Gasteiger partial charge in [0.05, 0.1) is 10.7 Å². The zero-order valence-electron chi connectivity index (χ0n) is 15.9. The SMILES string of the molecule is Cc1nc(COc2ccccc2/C=C/C(=O)NCc2ccc3c(c2)OCO3)cs1. The number of thiazole rings is 1. The molecule has 2 heterocycles. The summed E-state index contributed by atoms with van der Waals surface area (Å²) in [7, 11) is 0. The summed E-state index contributed by atoms with van der Waals surface area (Å²) >= 11 is 1.60. The van der Waals surface area contributed by atoms with Crippen molar-refractivity contribution >= 4 is 23.3 Å². The Kier molecular flexibility index (Phi) is 5.76. The van der Waals surface area contributed by atoms with Crippen LogP contribution >= 0.6 is 11.3 Å². The summed E-state index contributed by atoms with van der Waals surface area (Å²) in [6, 6.07) is 13.2. The average Bonchev–Trinajstić information content (AvgIpc) is 3.37. The van der Waals surface area contributed by atoms with Gasteiger partial charge in [-0.25, -0.2) is 4.98 Å². The lowest BCUT2D eigenvalue weighted by molar-refractivity contribution is -0.116. The van der Waals surface area contributed by atoms with E-state index >= 15 is 0 Å². The lowest BCUT2D eigenvalue weighted by Gasteiger charge is -2.08. The zero-order valence-corrected chi connectivity index (χ0v) is 16.7. The van der Waals surface area contributed by atoms with Crippen LogP contribution in [0.15, 0.2) is 53.9 Å². The summed E-state index contributed by atoms with van der Waals surface area (Å²) < 4.78 is 16.5.